The van der Waals surface area contributed by atoms with Crippen molar-refractivity contribution in [1.82, 2.24) is 10.6 Å². The number of rotatable bonds is 7. The number of carbonyl (C=O) groups is 1. The van der Waals surface area contributed by atoms with Crippen LogP contribution in [-0.2, 0) is 4.74 Å². The molecule has 0 bridgehead atoms. The summed E-state index contributed by atoms with van der Waals surface area (Å²) in [7, 11) is 0. The third-order valence-electron chi connectivity index (χ3n) is 1.63. The Bertz CT molecular complexity index is 174. The summed E-state index contributed by atoms with van der Waals surface area (Å²) in [5, 5.41) is 13.9. The standard InChI is InChI=1S/C10H22N2O3/c1-8(2)7-15-5-4-11-10(14)12-9(3)6-13/h8-9,13H,4-7H2,1-3H3,(H2,11,12,14)/t9-/m0/s1. The highest BCUT2D eigenvalue weighted by atomic mass is 16.5. The number of carbonyl (C=O) groups excluding carboxylic acids is 1. The van der Waals surface area contributed by atoms with E-state index in [1.165, 1.54) is 0 Å². The summed E-state index contributed by atoms with van der Waals surface area (Å²) in [6.45, 7) is 7.52. The molecule has 0 spiro atoms. The smallest absolute Gasteiger partial charge is 0.315 e. The van der Waals surface area contributed by atoms with Crippen molar-refractivity contribution in [3.05, 3.63) is 0 Å². The van der Waals surface area contributed by atoms with Gasteiger partial charge in [0.15, 0.2) is 0 Å². The van der Waals surface area contributed by atoms with Crippen LogP contribution in [0, 0.1) is 5.92 Å². The van der Waals surface area contributed by atoms with Gasteiger partial charge in [-0.1, -0.05) is 13.8 Å². The quantitative estimate of drug-likeness (QED) is 0.540. The lowest BCUT2D eigenvalue weighted by Gasteiger charge is -2.12. The fourth-order valence-corrected chi connectivity index (χ4v) is 0.876. The molecule has 90 valence electrons. The molecule has 0 aromatic carbocycles. The fraction of sp³-hybridized carbons (Fsp3) is 0.900. The predicted molar refractivity (Wildman–Crippen MR) is 58.7 cm³/mol. The van der Waals surface area contributed by atoms with Gasteiger partial charge >= 0.3 is 6.03 Å². The first kappa shape index (κ1) is 14.2. The van der Waals surface area contributed by atoms with Crippen molar-refractivity contribution in [2.75, 3.05) is 26.4 Å². The molecule has 5 heteroatoms. The van der Waals surface area contributed by atoms with E-state index in [-0.39, 0.29) is 18.7 Å². The molecular formula is C10H22N2O3. The highest BCUT2D eigenvalue weighted by Crippen LogP contribution is 1.90. The molecule has 0 rings (SSSR count). The second-order valence-electron chi connectivity index (χ2n) is 3.95. The molecule has 0 saturated carbocycles. The van der Waals surface area contributed by atoms with Gasteiger partial charge in [0.05, 0.1) is 19.3 Å². The maximum atomic E-state index is 11.1. The molecule has 0 aliphatic rings. The van der Waals surface area contributed by atoms with Crippen molar-refractivity contribution in [3.8, 4) is 0 Å². The Morgan fingerprint density at radius 1 is 1.40 bits per heavy atom. The highest BCUT2D eigenvalue weighted by molar-refractivity contribution is 5.74. The van der Waals surface area contributed by atoms with Crippen molar-refractivity contribution in [2.24, 2.45) is 5.92 Å². The number of aliphatic hydroxyl groups excluding tert-OH is 1. The fourth-order valence-electron chi connectivity index (χ4n) is 0.876. The Labute approximate surface area is 91.2 Å². The molecule has 0 aliphatic heterocycles. The molecule has 0 aromatic heterocycles. The maximum Gasteiger partial charge on any atom is 0.315 e. The van der Waals surface area contributed by atoms with Crippen LogP contribution in [-0.4, -0.2) is 43.5 Å². The van der Waals surface area contributed by atoms with Gasteiger partial charge in [-0.15, -0.1) is 0 Å². The minimum absolute atomic E-state index is 0.0583. The molecule has 0 aromatic rings. The number of hydrogen-bond donors (Lipinski definition) is 3. The summed E-state index contributed by atoms with van der Waals surface area (Å²) in [4.78, 5) is 11.1. The Morgan fingerprint density at radius 2 is 2.07 bits per heavy atom. The van der Waals surface area contributed by atoms with Crippen molar-refractivity contribution in [1.29, 1.82) is 0 Å². The van der Waals surface area contributed by atoms with Gasteiger partial charge in [-0.05, 0) is 12.8 Å². The summed E-state index contributed by atoms with van der Waals surface area (Å²) >= 11 is 0. The van der Waals surface area contributed by atoms with E-state index in [9.17, 15) is 4.79 Å². The average Bonchev–Trinajstić information content (AvgIpc) is 2.16. The molecular weight excluding hydrogens is 196 g/mol. The van der Waals surface area contributed by atoms with E-state index in [1.54, 1.807) is 6.92 Å². The maximum absolute atomic E-state index is 11.1. The van der Waals surface area contributed by atoms with Crippen molar-refractivity contribution in [2.45, 2.75) is 26.8 Å². The van der Waals surface area contributed by atoms with E-state index in [0.29, 0.717) is 25.7 Å². The minimum atomic E-state index is -0.273. The zero-order valence-corrected chi connectivity index (χ0v) is 9.75. The Balaban J connectivity index is 3.31. The summed E-state index contributed by atoms with van der Waals surface area (Å²) in [5.41, 5.74) is 0. The molecule has 1 atom stereocenters. The third-order valence-corrected chi connectivity index (χ3v) is 1.63. The molecule has 5 nitrogen and oxygen atoms in total. The number of ether oxygens (including phenoxy) is 1. The van der Waals surface area contributed by atoms with Crippen LogP contribution in [0.25, 0.3) is 0 Å². The van der Waals surface area contributed by atoms with Crippen LogP contribution in [0.4, 0.5) is 4.79 Å². The van der Waals surface area contributed by atoms with Gasteiger partial charge < -0.3 is 20.5 Å². The van der Waals surface area contributed by atoms with Crippen LogP contribution >= 0.6 is 0 Å². The van der Waals surface area contributed by atoms with E-state index in [0.717, 1.165) is 0 Å². The molecule has 15 heavy (non-hydrogen) atoms. The van der Waals surface area contributed by atoms with Gasteiger partial charge in [-0.3, -0.25) is 0 Å². The molecule has 0 aliphatic carbocycles. The van der Waals surface area contributed by atoms with Crippen LogP contribution in [0.5, 0.6) is 0 Å². The molecule has 0 heterocycles. The van der Waals surface area contributed by atoms with Gasteiger partial charge in [-0.25, -0.2) is 4.79 Å². The topological polar surface area (TPSA) is 70.6 Å². The second-order valence-corrected chi connectivity index (χ2v) is 3.95. The largest absolute Gasteiger partial charge is 0.394 e. The van der Waals surface area contributed by atoms with Crippen LogP contribution in [0.15, 0.2) is 0 Å². The summed E-state index contributed by atoms with van der Waals surface area (Å²) in [5.74, 6) is 0.508. The van der Waals surface area contributed by atoms with Crippen LogP contribution < -0.4 is 10.6 Å². The van der Waals surface area contributed by atoms with Crippen molar-refractivity contribution < 1.29 is 14.6 Å². The lowest BCUT2D eigenvalue weighted by atomic mass is 10.2. The molecule has 0 saturated heterocycles. The van der Waals surface area contributed by atoms with E-state index >= 15 is 0 Å². The van der Waals surface area contributed by atoms with E-state index < -0.39 is 0 Å². The summed E-state index contributed by atoms with van der Waals surface area (Å²) in [6, 6.07) is -0.494. The molecule has 0 radical (unpaired) electrons. The lowest BCUT2D eigenvalue weighted by molar-refractivity contribution is 0.112. The van der Waals surface area contributed by atoms with Crippen LogP contribution in [0.3, 0.4) is 0 Å². The number of urea groups is 1. The summed E-state index contributed by atoms with van der Waals surface area (Å²) in [6.07, 6.45) is 0. The second kappa shape index (κ2) is 8.49. The zero-order chi connectivity index (χ0) is 11.7. The predicted octanol–water partition coefficient (Wildman–Crippen LogP) is 0.339. The summed E-state index contributed by atoms with van der Waals surface area (Å²) < 4.78 is 5.28. The van der Waals surface area contributed by atoms with Gasteiger partial charge in [0.2, 0.25) is 0 Å². The molecule has 0 unspecified atom stereocenters. The molecule has 0 fully saturated rings. The number of hydrogen-bond acceptors (Lipinski definition) is 3. The van der Waals surface area contributed by atoms with Crippen molar-refractivity contribution >= 4 is 6.03 Å². The van der Waals surface area contributed by atoms with E-state index in [4.69, 9.17) is 9.84 Å². The first-order valence-corrected chi connectivity index (χ1v) is 5.29. The lowest BCUT2D eigenvalue weighted by Crippen LogP contribution is -2.43. The number of amides is 2. The van der Waals surface area contributed by atoms with Gasteiger partial charge in [0, 0.05) is 13.2 Å². The van der Waals surface area contributed by atoms with Gasteiger partial charge in [-0.2, -0.15) is 0 Å². The van der Waals surface area contributed by atoms with Gasteiger partial charge in [0.1, 0.15) is 0 Å². The number of nitrogens with one attached hydrogen (secondary N) is 2. The Kier molecular flexibility index (Phi) is 8.04. The average molecular weight is 218 g/mol. The van der Waals surface area contributed by atoms with Crippen LogP contribution in [0.2, 0.25) is 0 Å². The number of aliphatic hydroxyl groups is 1. The normalized spacial score (nSPS) is 12.6. The monoisotopic (exact) mass is 218 g/mol. The van der Waals surface area contributed by atoms with E-state index in [1.807, 2.05) is 0 Å². The van der Waals surface area contributed by atoms with Crippen LogP contribution in [0.1, 0.15) is 20.8 Å². The third kappa shape index (κ3) is 9.49. The first-order valence-electron chi connectivity index (χ1n) is 5.29. The zero-order valence-electron chi connectivity index (χ0n) is 9.75. The minimum Gasteiger partial charge on any atom is -0.394 e. The molecule has 3 N–H and O–H groups in total. The van der Waals surface area contributed by atoms with E-state index in [2.05, 4.69) is 24.5 Å². The SMILES string of the molecule is CC(C)COCCNC(=O)N[C@@H](C)CO. The first-order chi connectivity index (χ1) is 7.06. The Hall–Kier alpha value is -0.810. The molecule has 2 amide bonds. The highest BCUT2D eigenvalue weighted by Gasteiger charge is 2.04. The Morgan fingerprint density at radius 3 is 2.60 bits per heavy atom. The van der Waals surface area contributed by atoms with Gasteiger partial charge in [0.25, 0.3) is 0 Å². The van der Waals surface area contributed by atoms with Crippen molar-refractivity contribution in [3.63, 3.8) is 0 Å².